The van der Waals surface area contributed by atoms with Crippen LogP contribution in [-0.2, 0) is 4.79 Å². The van der Waals surface area contributed by atoms with Crippen LogP contribution in [0.2, 0.25) is 0 Å². The van der Waals surface area contributed by atoms with Crippen molar-refractivity contribution in [1.29, 1.82) is 0 Å². The third-order valence-corrected chi connectivity index (χ3v) is 8.19. The smallest absolute Gasteiger partial charge is 0.324 e. The summed E-state index contributed by atoms with van der Waals surface area (Å²) in [4.78, 5) is 24.6. The summed E-state index contributed by atoms with van der Waals surface area (Å²) in [5, 5.41) is 7.40. The van der Waals surface area contributed by atoms with E-state index in [-0.39, 0.29) is 11.8 Å². The van der Waals surface area contributed by atoms with Crippen molar-refractivity contribution in [3.05, 3.63) is 24.3 Å². The number of likely N-dealkylation sites (tertiary alicyclic amines) is 2. The van der Waals surface area contributed by atoms with Gasteiger partial charge in [-0.25, -0.2) is 0 Å². The first-order chi connectivity index (χ1) is 17.6. The van der Waals surface area contributed by atoms with Crippen molar-refractivity contribution in [2.75, 3.05) is 71.4 Å². The Balaban J connectivity index is 1.02. The number of carbonyl (C=O) groups excluding carboxylic acids is 1. The normalized spacial score (nSPS) is 22.7. The quantitative estimate of drug-likeness (QED) is 0.597. The average Bonchev–Trinajstić information content (AvgIpc) is 3.59. The summed E-state index contributed by atoms with van der Waals surface area (Å²) in [6.07, 6.45) is 5.44. The maximum atomic E-state index is 12.9. The lowest BCUT2D eigenvalue weighted by Crippen LogP contribution is -2.42. The van der Waals surface area contributed by atoms with Crippen LogP contribution in [0.4, 0.5) is 6.01 Å². The topological polar surface area (TPSA) is 87.0 Å². The predicted octanol–water partition coefficient (Wildman–Crippen LogP) is 2.74. The second-order valence-corrected chi connectivity index (χ2v) is 10.8. The first-order valence-corrected chi connectivity index (χ1v) is 13.5. The molecule has 1 atom stereocenters. The lowest BCUT2D eigenvalue weighted by molar-refractivity contribution is -0.125. The monoisotopic (exact) mass is 496 g/mol. The number of nitrogens with zero attached hydrogens (tertiary/aromatic N) is 5. The number of methoxy groups -OCH3 is 1. The largest absolute Gasteiger partial charge is 0.497 e. The lowest BCUT2D eigenvalue weighted by atomic mass is 9.96. The molecule has 1 amide bonds. The summed E-state index contributed by atoms with van der Waals surface area (Å²) in [5.74, 6) is 3.03. The highest BCUT2D eigenvalue weighted by molar-refractivity contribution is 5.79. The number of rotatable bonds is 8. The SMILES string of the molecule is COc1ccc(-c2noc(N3CCC(C(=O)NC[C@@H]4CCN(CC5CCN(C)CC5)C4)CC3)n2)cc1. The molecule has 196 valence electrons. The van der Waals surface area contributed by atoms with E-state index in [1.54, 1.807) is 7.11 Å². The number of aromatic nitrogens is 2. The van der Waals surface area contributed by atoms with Crippen LogP contribution in [0.15, 0.2) is 28.8 Å². The van der Waals surface area contributed by atoms with Crippen molar-refractivity contribution < 1.29 is 14.1 Å². The molecule has 9 nitrogen and oxygen atoms in total. The fourth-order valence-electron chi connectivity index (χ4n) is 5.78. The van der Waals surface area contributed by atoms with E-state index in [0.717, 1.165) is 56.3 Å². The van der Waals surface area contributed by atoms with E-state index in [1.807, 2.05) is 24.3 Å². The molecular formula is C27H40N6O3. The van der Waals surface area contributed by atoms with Crippen molar-refractivity contribution in [1.82, 2.24) is 25.3 Å². The summed E-state index contributed by atoms with van der Waals surface area (Å²) in [6.45, 7) is 8.28. The van der Waals surface area contributed by atoms with Crippen LogP contribution in [0.1, 0.15) is 32.1 Å². The van der Waals surface area contributed by atoms with E-state index in [9.17, 15) is 4.79 Å². The molecule has 0 radical (unpaired) electrons. The number of amides is 1. The van der Waals surface area contributed by atoms with Crippen LogP contribution in [0.3, 0.4) is 0 Å². The second-order valence-electron chi connectivity index (χ2n) is 10.8. The van der Waals surface area contributed by atoms with Crippen LogP contribution in [-0.4, -0.2) is 92.4 Å². The molecule has 3 saturated heterocycles. The first kappa shape index (κ1) is 25.0. The predicted molar refractivity (Wildman–Crippen MR) is 139 cm³/mol. The standard InChI is InChI=1S/C27H40N6O3/c1-31-12-7-20(8-13-31)18-32-14-9-21(19-32)17-28-26(34)23-10-15-33(16-11-23)27-29-25(30-36-27)22-3-5-24(35-2)6-4-22/h3-6,20-21,23H,7-19H2,1-2H3,(H,28,34)/t21-/m0/s1. The zero-order valence-corrected chi connectivity index (χ0v) is 21.7. The molecule has 5 rings (SSSR count). The third-order valence-electron chi connectivity index (χ3n) is 8.19. The Hall–Kier alpha value is -2.65. The van der Waals surface area contributed by atoms with Crippen LogP contribution >= 0.6 is 0 Å². The Kier molecular flexibility index (Phi) is 8.06. The van der Waals surface area contributed by atoms with Gasteiger partial charge < -0.3 is 29.3 Å². The minimum atomic E-state index is 0.0574. The highest BCUT2D eigenvalue weighted by atomic mass is 16.5. The maximum absolute atomic E-state index is 12.9. The molecule has 2 aromatic rings. The zero-order chi connectivity index (χ0) is 24.9. The van der Waals surface area contributed by atoms with E-state index >= 15 is 0 Å². The summed E-state index contributed by atoms with van der Waals surface area (Å²) in [5.41, 5.74) is 0.886. The van der Waals surface area contributed by atoms with E-state index in [0.29, 0.717) is 17.8 Å². The average molecular weight is 497 g/mol. The van der Waals surface area contributed by atoms with Gasteiger partial charge in [0.1, 0.15) is 5.75 Å². The minimum Gasteiger partial charge on any atom is -0.497 e. The van der Waals surface area contributed by atoms with Gasteiger partial charge in [-0.3, -0.25) is 4.79 Å². The van der Waals surface area contributed by atoms with Crippen molar-refractivity contribution in [2.24, 2.45) is 17.8 Å². The van der Waals surface area contributed by atoms with Gasteiger partial charge in [0.15, 0.2) is 0 Å². The van der Waals surface area contributed by atoms with Gasteiger partial charge in [0.25, 0.3) is 0 Å². The van der Waals surface area contributed by atoms with Crippen LogP contribution in [0.5, 0.6) is 5.75 Å². The fourth-order valence-corrected chi connectivity index (χ4v) is 5.78. The molecule has 1 aromatic carbocycles. The molecule has 0 saturated carbocycles. The molecular weight excluding hydrogens is 456 g/mol. The zero-order valence-electron chi connectivity index (χ0n) is 21.7. The minimum absolute atomic E-state index is 0.0574. The summed E-state index contributed by atoms with van der Waals surface area (Å²) in [7, 11) is 3.87. The number of benzene rings is 1. The number of carbonyl (C=O) groups is 1. The number of piperidine rings is 2. The van der Waals surface area contributed by atoms with Crippen molar-refractivity contribution in [3.8, 4) is 17.1 Å². The first-order valence-electron chi connectivity index (χ1n) is 13.5. The second kappa shape index (κ2) is 11.6. The summed E-state index contributed by atoms with van der Waals surface area (Å²) < 4.78 is 10.7. The van der Waals surface area contributed by atoms with Crippen molar-refractivity contribution >= 4 is 11.9 Å². The Labute approximate surface area is 214 Å². The Morgan fingerprint density at radius 2 is 1.75 bits per heavy atom. The summed E-state index contributed by atoms with van der Waals surface area (Å²) in [6, 6.07) is 8.13. The molecule has 36 heavy (non-hydrogen) atoms. The molecule has 0 bridgehead atoms. The molecule has 3 aliphatic rings. The molecule has 1 aromatic heterocycles. The molecule has 1 N–H and O–H groups in total. The molecule has 3 aliphatic heterocycles. The molecule has 0 spiro atoms. The summed E-state index contributed by atoms with van der Waals surface area (Å²) >= 11 is 0. The number of anilines is 1. The Bertz CT molecular complexity index is 980. The highest BCUT2D eigenvalue weighted by Gasteiger charge is 2.30. The van der Waals surface area contributed by atoms with E-state index in [4.69, 9.17) is 9.26 Å². The molecule has 0 unspecified atom stereocenters. The van der Waals surface area contributed by atoms with Gasteiger partial charge in [-0.05, 0) is 94.9 Å². The van der Waals surface area contributed by atoms with Crippen LogP contribution in [0, 0.1) is 17.8 Å². The van der Waals surface area contributed by atoms with Gasteiger partial charge in [-0.1, -0.05) is 5.16 Å². The van der Waals surface area contributed by atoms with Gasteiger partial charge in [0, 0.05) is 44.2 Å². The number of hydrogen-bond donors (Lipinski definition) is 1. The van der Waals surface area contributed by atoms with Crippen LogP contribution in [0.25, 0.3) is 11.4 Å². The highest BCUT2D eigenvalue weighted by Crippen LogP contribution is 2.26. The van der Waals surface area contributed by atoms with Gasteiger partial charge >= 0.3 is 6.01 Å². The van der Waals surface area contributed by atoms with Gasteiger partial charge in [0.2, 0.25) is 11.7 Å². The molecule has 0 aliphatic carbocycles. The number of nitrogens with one attached hydrogen (secondary N) is 1. The number of hydrogen-bond acceptors (Lipinski definition) is 8. The maximum Gasteiger partial charge on any atom is 0.324 e. The van der Waals surface area contributed by atoms with Gasteiger partial charge in [0.05, 0.1) is 7.11 Å². The van der Waals surface area contributed by atoms with Crippen molar-refractivity contribution in [2.45, 2.75) is 32.1 Å². The van der Waals surface area contributed by atoms with E-state index in [1.165, 1.54) is 45.4 Å². The Morgan fingerprint density at radius 3 is 2.47 bits per heavy atom. The fraction of sp³-hybridized carbons (Fsp3) is 0.667. The van der Waals surface area contributed by atoms with Crippen LogP contribution < -0.4 is 15.0 Å². The molecule has 4 heterocycles. The van der Waals surface area contributed by atoms with Gasteiger partial charge in [-0.15, -0.1) is 0 Å². The third kappa shape index (κ3) is 6.18. The van der Waals surface area contributed by atoms with Gasteiger partial charge in [-0.2, -0.15) is 4.98 Å². The van der Waals surface area contributed by atoms with E-state index < -0.39 is 0 Å². The number of ether oxygens (including phenoxy) is 1. The molecule has 9 heteroatoms. The lowest BCUT2D eigenvalue weighted by Gasteiger charge is -2.31. The molecule has 3 fully saturated rings. The van der Waals surface area contributed by atoms with E-state index in [2.05, 4.69) is 37.2 Å². The Morgan fingerprint density at radius 1 is 1.03 bits per heavy atom. The van der Waals surface area contributed by atoms with Crippen molar-refractivity contribution in [3.63, 3.8) is 0 Å².